The Morgan fingerprint density at radius 1 is 1.11 bits per heavy atom. The van der Waals surface area contributed by atoms with Crippen molar-refractivity contribution in [1.82, 2.24) is 39.7 Å². The standard InChI is InChI=1S/C24H27N9O3/c1-31(2)14-15-12-21(29-33(15)4)28-23-25-10-8-18(27-23)16-6-5-7-17(26-16)19-13-20(36-30-19)24(35)9-11-32(3)22(24)34/h5-8,10,12-13,35H,9,11,14H2,1-4H3,(H,25,27,28,29). The van der Waals surface area contributed by atoms with Gasteiger partial charge in [-0.1, -0.05) is 11.2 Å². The van der Waals surface area contributed by atoms with Gasteiger partial charge in [0, 0.05) is 51.9 Å². The van der Waals surface area contributed by atoms with Crippen LogP contribution in [0.25, 0.3) is 22.8 Å². The Labute approximate surface area is 207 Å². The maximum absolute atomic E-state index is 12.4. The van der Waals surface area contributed by atoms with Gasteiger partial charge >= 0.3 is 0 Å². The van der Waals surface area contributed by atoms with Gasteiger partial charge in [-0.05, 0) is 32.3 Å². The van der Waals surface area contributed by atoms with Crippen LogP contribution in [0.1, 0.15) is 17.9 Å². The normalized spacial score (nSPS) is 17.8. The van der Waals surface area contributed by atoms with Gasteiger partial charge in [0.25, 0.3) is 5.91 Å². The number of carbonyl (C=O) groups excluding carboxylic acids is 1. The van der Waals surface area contributed by atoms with Crippen molar-refractivity contribution >= 4 is 17.7 Å². The first-order chi connectivity index (χ1) is 17.2. The smallest absolute Gasteiger partial charge is 0.262 e. The molecule has 5 heterocycles. The Hall–Kier alpha value is -4.16. The van der Waals surface area contributed by atoms with Gasteiger partial charge in [-0.3, -0.25) is 9.48 Å². The summed E-state index contributed by atoms with van der Waals surface area (Å²) in [6.07, 6.45) is 1.89. The van der Waals surface area contributed by atoms with Crippen molar-refractivity contribution in [3.63, 3.8) is 0 Å². The fourth-order valence-electron chi connectivity index (χ4n) is 4.11. The molecule has 186 valence electrons. The van der Waals surface area contributed by atoms with E-state index in [2.05, 4.69) is 35.4 Å². The minimum atomic E-state index is -1.71. The third kappa shape index (κ3) is 4.43. The number of hydrogen-bond acceptors (Lipinski definition) is 10. The molecule has 1 aliphatic heterocycles. The molecule has 0 bridgehead atoms. The molecule has 5 rings (SSSR count). The number of likely N-dealkylation sites (tertiary alicyclic amines) is 1. The van der Waals surface area contributed by atoms with Crippen LogP contribution in [0, 0.1) is 0 Å². The van der Waals surface area contributed by atoms with Crippen LogP contribution >= 0.6 is 0 Å². The zero-order chi connectivity index (χ0) is 25.4. The Balaban J connectivity index is 1.38. The molecule has 12 nitrogen and oxygen atoms in total. The fourth-order valence-corrected chi connectivity index (χ4v) is 4.11. The Kier molecular flexibility index (Phi) is 5.98. The monoisotopic (exact) mass is 489 g/mol. The van der Waals surface area contributed by atoms with Gasteiger partial charge in [-0.2, -0.15) is 5.10 Å². The van der Waals surface area contributed by atoms with Crippen molar-refractivity contribution in [3.05, 3.63) is 54.0 Å². The molecule has 1 unspecified atom stereocenters. The molecule has 0 aliphatic carbocycles. The molecule has 1 amide bonds. The molecule has 0 radical (unpaired) electrons. The summed E-state index contributed by atoms with van der Waals surface area (Å²) in [4.78, 5) is 29.5. The number of pyridine rings is 1. The van der Waals surface area contributed by atoms with E-state index in [9.17, 15) is 9.90 Å². The molecule has 1 saturated heterocycles. The zero-order valence-corrected chi connectivity index (χ0v) is 20.5. The maximum Gasteiger partial charge on any atom is 0.262 e. The molecule has 12 heteroatoms. The first-order valence-corrected chi connectivity index (χ1v) is 11.4. The highest BCUT2D eigenvalue weighted by Crippen LogP contribution is 2.34. The molecule has 1 aliphatic rings. The predicted octanol–water partition coefficient (Wildman–Crippen LogP) is 1.78. The van der Waals surface area contributed by atoms with Gasteiger partial charge in [0.2, 0.25) is 11.5 Å². The minimum Gasteiger partial charge on any atom is -0.373 e. The second-order valence-electron chi connectivity index (χ2n) is 9.09. The molecular formula is C24H27N9O3. The van der Waals surface area contributed by atoms with Gasteiger partial charge in [-0.15, -0.1) is 0 Å². The van der Waals surface area contributed by atoms with E-state index in [-0.39, 0.29) is 12.2 Å². The van der Waals surface area contributed by atoms with Crippen molar-refractivity contribution < 1.29 is 14.4 Å². The average molecular weight is 490 g/mol. The molecule has 0 saturated carbocycles. The first kappa shape index (κ1) is 23.6. The number of aromatic nitrogens is 6. The second-order valence-corrected chi connectivity index (χ2v) is 9.09. The Morgan fingerprint density at radius 2 is 1.86 bits per heavy atom. The lowest BCUT2D eigenvalue weighted by Gasteiger charge is -2.16. The SMILES string of the molecule is CN(C)Cc1cc(Nc2nccc(-c3cccc(-c4cc(C5(O)CCN(C)C5=O)on4)n3)n2)nn1C. The largest absolute Gasteiger partial charge is 0.373 e. The summed E-state index contributed by atoms with van der Waals surface area (Å²) in [6.45, 7) is 1.20. The molecule has 0 aromatic carbocycles. The molecule has 4 aromatic rings. The lowest BCUT2D eigenvalue weighted by atomic mass is 9.98. The summed E-state index contributed by atoms with van der Waals surface area (Å²) < 4.78 is 7.17. The number of likely N-dealkylation sites (N-methyl/N-ethyl adjacent to an activating group) is 1. The first-order valence-electron chi connectivity index (χ1n) is 11.4. The molecule has 0 spiro atoms. The number of carbonyl (C=O) groups is 1. The van der Waals surface area contributed by atoms with E-state index >= 15 is 0 Å². The maximum atomic E-state index is 12.4. The summed E-state index contributed by atoms with van der Waals surface area (Å²) >= 11 is 0. The van der Waals surface area contributed by atoms with E-state index < -0.39 is 11.5 Å². The van der Waals surface area contributed by atoms with Crippen LogP contribution in [0.4, 0.5) is 11.8 Å². The van der Waals surface area contributed by atoms with Crippen LogP contribution in [0.2, 0.25) is 0 Å². The highest BCUT2D eigenvalue weighted by Gasteiger charge is 2.48. The van der Waals surface area contributed by atoms with Crippen LogP contribution in [-0.2, 0) is 24.0 Å². The van der Waals surface area contributed by atoms with Crippen LogP contribution < -0.4 is 5.32 Å². The van der Waals surface area contributed by atoms with E-state index in [1.54, 1.807) is 31.4 Å². The van der Waals surface area contributed by atoms with Gasteiger partial charge in [0.15, 0.2) is 11.6 Å². The summed E-state index contributed by atoms with van der Waals surface area (Å²) in [5.41, 5.74) is 1.49. The number of aryl methyl sites for hydroxylation is 1. The van der Waals surface area contributed by atoms with Crippen molar-refractivity contribution in [2.75, 3.05) is 33.0 Å². The van der Waals surface area contributed by atoms with E-state index in [1.165, 1.54) is 4.90 Å². The summed E-state index contributed by atoms with van der Waals surface area (Å²) in [7, 11) is 7.54. The highest BCUT2D eigenvalue weighted by molar-refractivity contribution is 5.87. The molecule has 2 N–H and O–H groups in total. The van der Waals surface area contributed by atoms with Gasteiger partial charge in [-0.25, -0.2) is 15.0 Å². The van der Waals surface area contributed by atoms with E-state index in [1.807, 2.05) is 44.0 Å². The number of hydrogen-bond donors (Lipinski definition) is 2. The number of amides is 1. The third-order valence-electron chi connectivity index (χ3n) is 6.05. The minimum absolute atomic E-state index is 0.108. The van der Waals surface area contributed by atoms with Crippen LogP contribution in [-0.4, -0.2) is 78.4 Å². The molecule has 1 fully saturated rings. The van der Waals surface area contributed by atoms with Crippen molar-refractivity contribution in [1.29, 1.82) is 0 Å². The third-order valence-corrected chi connectivity index (χ3v) is 6.05. The average Bonchev–Trinajstić information content (AvgIpc) is 3.55. The van der Waals surface area contributed by atoms with Gasteiger partial charge in [0.1, 0.15) is 5.69 Å². The van der Waals surface area contributed by atoms with E-state index in [0.717, 1.165) is 12.2 Å². The summed E-state index contributed by atoms with van der Waals surface area (Å²) in [6, 6.07) is 10.7. The van der Waals surface area contributed by atoms with Crippen molar-refractivity contribution in [2.45, 2.75) is 18.6 Å². The number of nitrogens with zero attached hydrogens (tertiary/aromatic N) is 8. The Bertz CT molecular complexity index is 1410. The van der Waals surface area contributed by atoms with Gasteiger partial charge < -0.3 is 24.7 Å². The number of rotatable bonds is 7. The quantitative estimate of drug-likeness (QED) is 0.395. The van der Waals surface area contributed by atoms with E-state index in [4.69, 9.17) is 4.52 Å². The topological polar surface area (TPSA) is 138 Å². The van der Waals surface area contributed by atoms with Crippen molar-refractivity contribution in [2.24, 2.45) is 7.05 Å². The number of nitrogens with one attached hydrogen (secondary N) is 1. The summed E-state index contributed by atoms with van der Waals surface area (Å²) in [5.74, 6) is 0.739. The summed E-state index contributed by atoms with van der Waals surface area (Å²) in [5, 5.41) is 22.5. The number of anilines is 2. The lowest BCUT2D eigenvalue weighted by molar-refractivity contribution is -0.144. The predicted molar refractivity (Wildman–Crippen MR) is 131 cm³/mol. The fraction of sp³-hybridized carbons (Fsp3) is 0.333. The lowest BCUT2D eigenvalue weighted by Crippen LogP contribution is -2.35. The molecule has 1 atom stereocenters. The molecule has 4 aromatic heterocycles. The number of aliphatic hydroxyl groups is 1. The van der Waals surface area contributed by atoms with Gasteiger partial charge in [0.05, 0.1) is 22.8 Å². The molecular weight excluding hydrogens is 462 g/mol. The van der Waals surface area contributed by atoms with E-state index in [0.29, 0.717) is 41.1 Å². The highest BCUT2D eigenvalue weighted by atomic mass is 16.5. The van der Waals surface area contributed by atoms with Crippen molar-refractivity contribution in [3.8, 4) is 22.8 Å². The Morgan fingerprint density at radius 3 is 2.58 bits per heavy atom. The zero-order valence-electron chi connectivity index (χ0n) is 20.5. The molecule has 36 heavy (non-hydrogen) atoms. The van der Waals surface area contributed by atoms with Crippen LogP contribution in [0.5, 0.6) is 0 Å². The second kappa shape index (κ2) is 9.13. The van der Waals surface area contributed by atoms with Crippen LogP contribution in [0.3, 0.4) is 0 Å². The van der Waals surface area contributed by atoms with Crippen LogP contribution in [0.15, 0.2) is 47.1 Å².